The molecule has 0 aliphatic carbocycles. The van der Waals surface area contributed by atoms with Gasteiger partial charge in [0.25, 0.3) is 0 Å². The summed E-state index contributed by atoms with van der Waals surface area (Å²) in [4.78, 5) is 9.51. The van der Waals surface area contributed by atoms with Crippen LogP contribution >= 0.6 is 28.3 Å². The third-order valence-corrected chi connectivity index (χ3v) is 1.54. The van der Waals surface area contributed by atoms with Crippen molar-refractivity contribution in [3.63, 3.8) is 0 Å². The molecule has 0 rings (SSSR count). The molecule has 0 radical (unpaired) electrons. The van der Waals surface area contributed by atoms with Crippen molar-refractivity contribution < 1.29 is 9.90 Å². The molecular formula is C4H9BrClNO2. The summed E-state index contributed by atoms with van der Waals surface area (Å²) in [7, 11) is 0. The molecule has 56 valence electrons. The van der Waals surface area contributed by atoms with Crippen LogP contribution in [0.3, 0.4) is 0 Å². The SMILES string of the molecule is Cl.NCCC(Br)C(=O)O. The van der Waals surface area contributed by atoms with Crippen molar-refractivity contribution in [1.82, 2.24) is 0 Å². The highest BCUT2D eigenvalue weighted by atomic mass is 79.9. The lowest BCUT2D eigenvalue weighted by molar-refractivity contribution is -0.136. The van der Waals surface area contributed by atoms with Gasteiger partial charge in [0.05, 0.1) is 0 Å². The smallest absolute Gasteiger partial charge is 0.317 e. The lowest BCUT2D eigenvalue weighted by atomic mass is 10.3. The number of aliphatic carboxylic acids is 1. The fourth-order valence-corrected chi connectivity index (χ4v) is 0.534. The maximum Gasteiger partial charge on any atom is 0.317 e. The van der Waals surface area contributed by atoms with Gasteiger partial charge in [0.1, 0.15) is 4.83 Å². The number of rotatable bonds is 3. The number of hydrogen-bond donors (Lipinski definition) is 2. The standard InChI is InChI=1S/C4H8BrNO2.ClH/c5-3(1-2-6)4(7)8;/h3H,1-2,6H2,(H,7,8);1H. The van der Waals surface area contributed by atoms with Crippen LogP contribution in [0, 0.1) is 0 Å². The molecule has 1 unspecified atom stereocenters. The molecule has 0 amide bonds. The van der Waals surface area contributed by atoms with Crippen molar-refractivity contribution in [2.24, 2.45) is 5.73 Å². The molecule has 0 saturated heterocycles. The summed E-state index contributed by atoms with van der Waals surface area (Å²) < 4.78 is 0. The van der Waals surface area contributed by atoms with Crippen molar-refractivity contribution in [2.45, 2.75) is 11.2 Å². The van der Waals surface area contributed by atoms with Gasteiger partial charge < -0.3 is 10.8 Å². The van der Waals surface area contributed by atoms with Crippen LogP contribution < -0.4 is 5.73 Å². The molecule has 0 saturated carbocycles. The molecule has 0 aromatic heterocycles. The monoisotopic (exact) mass is 217 g/mol. The van der Waals surface area contributed by atoms with E-state index in [1.54, 1.807) is 0 Å². The number of carboxylic acid groups (broad SMARTS) is 1. The largest absolute Gasteiger partial charge is 0.480 e. The van der Waals surface area contributed by atoms with Gasteiger partial charge in [-0.25, -0.2) is 0 Å². The predicted octanol–water partition coefficient (Wildman–Crippen LogP) is 0.605. The minimum absolute atomic E-state index is 0. The predicted molar refractivity (Wildman–Crippen MR) is 41.3 cm³/mol. The van der Waals surface area contributed by atoms with Crippen LogP contribution in [-0.4, -0.2) is 22.4 Å². The zero-order valence-electron chi connectivity index (χ0n) is 4.71. The highest BCUT2D eigenvalue weighted by molar-refractivity contribution is 9.10. The van der Waals surface area contributed by atoms with Crippen LogP contribution in [0.1, 0.15) is 6.42 Å². The molecule has 3 nitrogen and oxygen atoms in total. The number of nitrogens with two attached hydrogens (primary N) is 1. The summed E-state index contributed by atoms with van der Waals surface area (Å²) in [6, 6.07) is 0. The van der Waals surface area contributed by atoms with Crippen LogP contribution in [-0.2, 0) is 4.79 Å². The van der Waals surface area contributed by atoms with Gasteiger partial charge >= 0.3 is 5.97 Å². The van der Waals surface area contributed by atoms with Gasteiger partial charge in [-0.2, -0.15) is 0 Å². The first kappa shape index (κ1) is 11.9. The summed E-state index contributed by atoms with van der Waals surface area (Å²) in [5.41, 5.74) is 5.07. The van der Waals surface area contributed by atoms with E-state index in [9.17, 15) is 4.79 Å². The first-order chi connectivity index (χ1) is 3.68. The highest BCUT2D eigenvalue weighted by Crippen LogP contribution is 2.02. The Labute approximate surface area is 68.2 Å². The minimum Gasteiger partial charge on any atom is -0.480 e. The van der Waals surface area contributed by atoms with Gasteiger partial charge in [-0.05, 0) is 13.0 Å². The first-order valence-corrected chi connectivity index (χ1v) is 3.17. The van der Waals surface area contributed by atoms with Gasteiger partial charge in [-0.3, -0.25) is 4.79 Å². The van der Waals surface area contributed by atoms with Gasteiger partial charge in [-0.1, -0.05) is 15.9 Å². The lowest BCUT2D eigenvalue weighted by Gasteiger charge is -1.98. The molecule has 0 aliphatic heterocycles. The average Bonchev–Trinajstić information content (AvgIpc) is 1.67. The number of carbonyl (C=O) groups is 1. The van der Waals surface area contributed by atoms with Crippen LogP contribution in [0.25, 0.3) is 0 Å². The third kappa shape index (κ3) is 6.08. The Morgan fingerprint density at radius 1 is 1.78 bits per heavy atom. The normalized spacial score (nSPS) is 11.8. The van der Waals surface area contributed by atoms with Crippen LogP contribution in [0.15, 0.2) is 0 Å². The number of carboxylic acids is 1. The molecule has 5 heteroatoms. The van der Waals surface area contributed by atoms with E-state index in [1.165, 1.54) is 0 Å². The van der Waals surface area contributed by atoms with Crippen molar-refractivity contribution >= 4 is 34.3 Å². The summed E-state index contributed by atoms with van der Waals surface area (Å²) >= 11 is 2.92. The van der Waals surface area contributed by atoms with Gasteiger partial charge in [0.15, 0.2) is 0 Å². The van der Waals surface area contributed by atoms with Gasteiger partial charge in [0.2, 0.25) is 0 Å². The molecule has 9 heavy (non-hydrogen) atoms. The second kappa shape index (κ2) is 6.32. The number of hydrogen-bond acceptors (Lipinski definition) is 2. The van der Waals surface area contributed by atoms with E-state index < -0.39 is 10.8 Å². The molecule has 3 N–H and O–H groups in total. The Morgan fingerprint density at radius 3 is 2.33 bits per heavy atom. The Morgan fingerprint density at radius 2 is 2.22 bits per heavy atom. The number of halogens is 2. The lowest BCUT2D eigenvalue weighted by Crippen LogP contribution is -2.16. The van der Waals surface area contributed by atoms with Crippen molar-refractivity contribution in [1.29, 1.82) is 0 Å². The van der Waals surface area contributed by atoms with Gasteiger partial charge in [-0.15, -0.1) is 12.4 Å². The minimum atomic E-state index is -0.851. The van der Waals surface area contributed by atoms with E-state index in [0.717, 1.165) is 0 Å². The van der Waals surface area contributed by atoms with Crippen molar-refractivity contribution in [2.75, 3.05) is 6.54 Å². The fraction of sp³-hybridized carbons (Fsp3) is 0.750. The van der Waals surface area contributed by atoms with E-state index in [0.29, 0.717) is 13.0 Å². The fourth-order valence-electron chi connectivity index (χ4n) is 0.270. The Hall–Kier alpha value is 0.200. The maximum atomic E-state index is 9.99. The zero-order chi connectivity index (χ0) is 6.57. The second-order valence-electron chi connectivity index (χ2n) is 1.38. The van der Waals surface area contributed by atoms with Gasteiger partial charge in [0, 0.05) is 0 Å². The Bertz CT molecular complexity index is 90.6. The van der Waals surface area contributed by atoms with Crippen LogP contribution in [0.4, 0.5) is 0 Å². The zero-order valence-corrected chi connectivity index (χ0v) is 7.11. The van der Waals surface area contributed by atoms with E-state index in [-0.39, 0.29) is 12.4 Å². The third-order valence-electron chi connectivity index (χ3n) is 0.688. The molecule has 0 spiro atoms. The van der Waals surface area contributed by atoms with Crippen LogP contribution in [0.5, 0.6) is 0 Å². The molecule has 0 aromatic carbocycles. The quantitative estimate of drug-likeness (QED) is 0.682. The van der Waals surface area contributed by atoms with E-state index in [1.807, 2.05) is 0 Å². The molecule has 1 atom stereocenters. The topological polar surface area (TPSA) is 63.3 Å². The summed E-state index contributed by atoms with van der Waals surface area (Å²) in [5, 5.41) is 8.21. The molecule has 0 fully saturated rings. The highest BCUT2D eigenvalue weighted by Gasteiger charge is 2.09. The second-order valence-corrected chi connectivity index (χ2v) is 2.49. The molecule has 0 aromatic rings. The van der Waals surface area contributed by atoms with E-state index in [4.69, 9.17) is 10.8 Å². The molecule has 0 bridgehead atoms. The van der Waals surface area contributed by atoms with Crippen molar-refractivity contribution in [3.8, 4) is 0 Å². The Balaban J connectivity index is 0. The van der Waals surface area contributed by atoms with E-state index in [2.05, 4.69) is 15.9 Å². The molecular weight excluding hydrogens is 209 g/mol. The Kier molecular flexibility index (Phi) is 8.38. The molecule has 0 heterocycles. The first-order valence-electron chi connectivity index (χ1n) is 2.25. The summed E-state index contributed by atoms with van der Waals surface area (Å²) in [5.74, 6) is -0.851. The summed E-state index contributed by atoms with van der Waals surface area (Å²) in [6.07, 6.45) is 0.481. The average molecular weight is 218 g/mol. The molecule has 0 aliphatic rings. The maximum absolute atomic E-state index is 9.99. The van der Waals surface area contributed by atoms with Crippen LogP contribution in [0.2, 0.25) is 0 Å². The van der Waals surface area contributed by atoms with E-state index >= 15 is 0 Å². The summed E-state index contributed by atoms with van der Waals surface area (Å²) in [6.45, 7) is 0.405. The number of alkyl halides is 1. The van der Waals surface area contributed by atoms with Crippen molar-refractivity contribution in [3.05, 3.63) is 0 Å².